The molecule has 0 amide bonds. The predicted octanol–water partition coefficient (Wildman–Crippen LogP) is 1.93. The topological polar surface area (TPSA) is 56.1 Å². The fraction of sp³-hybridized carbons (Fsp3) is 0.562. The molecule has 0 bridgehead atoms. The summed E-state index contributed by atoms with van der Waals surface area (Å²) in [7, 11) is 0. The van der Waals surface area contributed by atoms with E-state index < -0.39 is 0 Å². The molecule has 0 saturated carbocycles. The van der Waals surface area contributed by atoms with Crippen molar-refractivity contribution < 1.29 is 4.74 Å². The minimum absolute atomic E-state index is 0.196. The monoisotopic (exact) mass is 301 g/mol. The van der Waals surface area contributed by atoms with E-state index in [9.17, 15) is 0 Å². The minimum Gasteiger partial charge on any atom is -0.379 e. The van der Waals surface area contributed by atoms with E-state index in [1.807, 2.05) is 4.68 Å². The maximum atomic E-state index is 5.48. The van der Waals surface area contributed by atoms with E-state index in [1.54, 1.807) is 0 Å². The quantitative estimate of drug-likeness (QED) is 0.863. The molecule has 1 atom stereocenters. The second-order valence-corrected chi connectivity index (χ2v) is 5.98. The normalized spacial score (nSPS) is 19.0. The lowest BCUT2D eigenvalue weighted by atomic mass is 9.94. The van der Waals surface area contributed by atoms with Crippen LogP contribution in [0.25, 0.3) is 5.69 Å². The molecule has 0 N–H and O–H groups in total. The van der Waals surface area contributed by atoms with Crippen LogP contribution in [0, 0.1) is 6.92 Å². The molecule has 2 heterocycles. The molecule has 3 rings (SSSR count). The molecule has 6 nitrogen and oxygen atoms in total. The van der Waals surface area contributed by atoms with Crippen molar-refractivity contribution in [3.63, 3.8) is 0 Å². The van der Waals surface area contributed by atoms with Crippen molar-refractivity contribution in [2.24, 2.45) is 0 Å². The molecule has 0 spiro atoms. The van der Waals surface area contributed by atoms with Crippen molar-refractivity contribution in [2.75, 3.05) is 26.3 Å². The first-order chi connectivity index (χ1) is 10.6. The third-order valence-electron chi connectivity index (χ3n) is 4.63. The average Bonchev–Trinajstić information content (AvgIpc) is 3.06. The van der Waals surface area contributed by atoms with E-state index in [1.165, 1.54) is 5.56 Å². The molecule has 0 aliphatic carbocycles. The Labute approximate surface area is 131 Å². The molecule has 1 aliphatic rings. The van der Waals surface area contributed by atoms with Gasteiger partial charge in [0, 0.05) is 13.1 Å². The van der Waals surface area contributed by atoms with Crippen LogP contribution >= 0.6 is 0 Å². The molecule has 2 aromatic rings. The highest BCUT2D eigenvalue weighted by molar-refractivity contribution is 5.34. The van der Waals surface area contributed by atoms with Gasteiger partial charge in [0.25, 0.3) is 0 Å². The minimum atomic E-state index is -0.196. The molecule has 1 aliphatic heterocycles. The Morgan fingerprint density at radius 2 is 1.86 bits per heavy atom. The van der Waals surface area contributed by atoms with E-state index in [2.05, 4.69) is 65.5 Å². The molecule has 0 radical (unpaired) electrons. The van der Waals surface area contributed by atoms with Crippen molar-refractivity contribution in [3.8, 4) is 5.69 Å². The Morgan fingerprint density at radius 1 is 1.18 bits per heavy atom. The van der Waals surface area contributed by atoms with Crippen LogP contribution in [0.5, 0.6) is 0 Å². The van der Waals surface area contributed by atoms with Crippen LogP contribution in [-0.2, 0) is 10.3 Å². The highest BCUT2D eigenvalue weighted by Crippen LogP contribution is 2.31. The summed E-state index contributed by atoms with van der Waals surface area (Å²) in [6.45, 7) is 9.83. The molecule has 1 aromatic heterocycles. The first kappa shape index (κ1) is 15.1. The van der Waals surface area contributed by atoms with Crippen LogP contribution in [0.4, 0.5) is 0 Å². The summed E-state index contributed by atoms with van der Waals surface area (Å²) in [5, 5.41) is 12.5. The number of ether oxygens (including phenoxy) is 1. The molecule has 0 unspecified atom stereocenters. The number of hydrogen-bond acceptors (Lipinski definition) is 5. The number of aromatic nitrogens is 4. The van der Waals surface area contributed by atoms with Gasteiger partial charge in [-0.25, -0.2) is 0 Å². The molecular formula is C16H23N5O. The SMILES string of the molecule is CC[C@](C)(c1nnnn1-c1ccc(C)cc1)N1CCOCC1. The summed E-state index contributed by atoms with van der Waals surface area (Å²) in [6.07, 6.45) is 0.944. The van der Waals surface area contributed by atoms with E-state index in [4.69, 9.17) is 4.74 Å². The van der Waals surface area contributed by atoms with Gasteiger partial charge in [0.1, 0.15) is 0 Å². The fourth-order valence-electron chi connectivity index (χ4n) is 2.96. The summed E-state index contributed by atoms with van der Waals surface area (Å²) in [6, 6.07) is 8.28. The van der Waals surface area contributed by atoms with Gasteiger partial charge >= 0.3 is 0 Å². The van der Waals surface area contributed by atoms with Gasteiger partial charge in [-0.3, -0.25) is 4.90 Å². The number of rotatable bonds is 4. The highest BCUT2D eigenvalue weighted by Gasteiger charge is 2.38. The maximum Gasteiger partial charge on any atom is 0.176 e. The van der Waals surface area contributed by atoms with Crippen molar-refractivity contribution in [1.82, 2.24) is 25.1 Å². The van der Waals surface area contributed by atoms with Gasteiger partial charge in [-0.05, 0) is 42.8 Å². The molecule has 1 fully saturated rings. The second-order valence-electron chi connectivity index (χ2n) is 5.98. The fourth-order valence-corrected chi connectivity index (χ4v) is 2.96. The van der Waals surface area contributed by atoms with Crippen LogP contribution in [0.15, 0.2) is 24.3 Å². The van der Waals surface area contributed by atoms with Crippen molar-refractivity contribution in [2.45, 2.75) is 32.7 Å². The largest absolute Gasteiger partial charge is 0.379 e. The van der Waals surface area contributed by atoms with Gasteiger partial charge in [0.2, 0.25) is 0 Å². The number of aryl methyl sites for hydroxylation is 1. The lowest BCUT2D eigenvalue weighted by Gasteiger charge is -2.41. The second kappa shape index (κ2) is 6.14. The van der Waals surface area contributed by atoms with Gasteiger partial charge in [0.05, 0.1) is 24.4 Å². The molecule has 22 heavy (non-hydrogen) atoms. The zero-order chi connectivity index (χ0) is 15.6. The summed E-state index contributed by atoms with van der Waals surface area (Å²) >= 11 is 0. The average molecular weight is 301 g/mol. The van der Waals surface area contributed by atoms with E-state index in [0.717, 1.165) is 44.2 Å². The van der Waals surface area contributed by atoms with Gasteiger partial charge in [-0.1, -0.05) is 24.6 Å². The van der Waals surface area contributed by atoms with Crippen molar-refractivity contribution >= 4 is 0 Å². The Hall–Kier alpha value is -1.79. The summed E-state index contributed by atoms with van der Waals surface area (Å²) in [4.78, 5) is 2.42. The van der Waals surface area contributed by atoms with E-state index >= 15 is 0 Å². The lowest BCUT2D eigenvalue weighted by molar-refractivity contribution is -0.0240. The zero-order valence-electron chi connectivity index (χ0n) is 13.5. The predicted molar refractivity (Wildman–Crippen MR) is 83.9 cm³/mol. The number of hydrogen-bond donors (Lipinski definition) is 0. The van der Waals surface area contributed by atoms with Gasteiger partial charge < -0.3 is 4.74 Å². The smallest absolute Gasteiger partial charge is 0.176 e. The summed E-state index contributed by atoms with van der Waals surface area (Å²) < 4.78 is 7.34. The van der Waals surface area contributed by atoms with Crippen molar-refractivity contribution in [1.29, 1.82) is 0 Å². The zero-order valence-corrected chi connectivity index (χ0v) is 13.5. The van der Waals surface area contributed by atoms with Crippen LogP contribution in [0.3, 0.4) is 0 Å². The molecule has 6 heteroatoms. The van der Waals surface area contributed by atoms with Crippen LogP contribution in [0.1, 0.15) is 31.7 Å². The lowest BCUT2D eigenvalue weighted by Crippen LogP contribution is -2.50. The first-order valence-electron chi connectivity index (χ1n) is 7.84. The standard InChI is InChI=1S/C16H23N5O/c1-4-16(3,20-9-11-22-12-10-20)15-17-18-19-21(15)14-7-5-13(2)6-8-14/h5-8H,4,9-12H2,1-3H3/t16-/m1/s1. The van der Waals surface area contributed by atoms with E-state index in [-0.39, 0.29) is 5.54 Å². The molecule has 1 aromatic carbocycles. The summed E-state index contributed by atoms with van der Waals surface area (Å²) in [5.74, 6) is 0.890. The number of nitrogens with zero attached hydrogens (tertiary/aromatic N) is 5. The van der Waals surface area contributed by atoms with Gasteiger partial charge in [-0.15, -0.1) is 5.10 Å². The summed E-state index contributed by atoms with van der Waals surface area (Å²) in [5.41, 5.74) is 2.03. The molecule has 1 saturated heterocycles. The number of morpholine rings is 1. The number of tetrazole rings is 1. The van der Waals surface area contributed by atoms with Crippen LogP contribution in [-0.4, -0.2) is 51.4 Å². The van der Waals surface area contributed by atoms with Crippen molar-refractivity contribution in [3.05, 3.63) is 35.7 Å². The third kappa shape index (κ3) is 2.64. The number of benzene rings is 1. The molecule has 118 valence electrons. The van der Waals surface area contributed by atoms with E-state index in [0.29, 0.717) is 0 Å². The van der Waals surface area contributed by atoms with Gasteiger partial charge in [0.15, 0.2) is 5.82 Å². The highest BCUT2D eigenvalue weighted by atomic mass is 16.5. The molecular weight excluding hydrogens is 278 g/mol. The Balaban J connectivity index is 1.99. The first-order valence-corrected chi connectivity index (χ1v) is 7.84. The Bertz CT molecular complexity index is 618. The maximum absolute atomic E-state index is 5.48. The third-order valence-corrected chi connectivity index (χ3v) is 4.63. The van der Waals surface area contributed by atoms with Crippen LogP contribution < -0.4 is 0 Å². The van der Waals surface area contributed by atoms with Crippen LogP contribution in [0.2, 0.25) is 0 Å². The van der Waals surface area contributed by atoms with Gasteiger partial charge in [-0.2, -0.15) is 4.68 Å². The Kier molecular flexibility index (Phi) is 4.22. The Morgan fingerprint density at radius 3 is 2.50 bits per heavy atom.